The van der Waals surface area contributed by atoms with Crippen molar-refractivity contribution in [1.29, 1.82) is 5.26 Å². The van der Waals surface area contributed by atoms with Crippen molar-refractivity contribution < 1.29 is 34.7 Å². The molecular formula is C13H13NO7. The van der Waals surface area contributed by atoms with Gasteiger partial charge in [-0.3, -0.25) is 0 Å². The second-order valence-corrected chi connectivity index (χ2v) is 4.49. The summed E-state index contributed by atoms with van der Waals surface area (Å²) in [6, 6.07) is 7.70. The first-order chi connectivity index (χ1) is 9.93. The molecule has 0 saturated carbocycles. The number of aliphatic hydroxyl groups excluding tert-OH is 3. The molecule has 21 heavy (non-hydrogen) atoms. The van der Waals surface area contributed by atoms with Crippen molar-refractivity contribution in [2.75, 3.05) is 0 Å². The highest BCUT2D eigenvalue weighted by molar-refractivity contribution is 5.73. The van der Waals surface area contributed by atoms with Crippen LogP contribution in [0.2, 0.25) is 0 Å². The molecule has 112 valence electrons. The molecule has 0 radical (unpaired) electrons. The Balaban J connectivity index is 2.14. The van der Waals surface area contributed by atoms with Crippen LogP contribution in [0.15, 0.2) is 24.3 Å². The highest BCUT2D eigenvalue weighted by Crippen LogP contribution is 2.24. The Labute approximate surface area is 119 Å². The number of nitriles is 1. The SMILES string of the molecule is N#Cc1ccc(OC2OC(C(=O)O)C(O)C(O)C2O)cc1. The van der Waals surface area contributed by atoms with E-state index in [2.05, 4.69) is 0 Å². The summed E-state index contributed by atoms with van der Waals surface area (Å²) in [6.07, 6.45) is -8.28. The van der Waals surface area contributed by atoms with Gasteiger partial charge in [-0.2, -0.15) is 5.26 Å². The van der Waals surface area contributed by atoms with Gasteiger partial charge in [-0.25, -0.2) is 4.79 Å². The van der Waals surface area contributed by atoms with Gasteiger partial charge in [0.05, 0.1) is 11.6 Å². The lowest BCUT2D eigenvalue weighted by atomic mass is 9.99. The first kappa shape index (κ1) is 15.2. The smallest absolute Gasteiger partial charge is 0.335 e. The molecule has 1 fully saturated rings. The van der Waals surface area contributed by atoms with Crippen molar-refractivity contribution in [2.45, 2.75) is 30.7 Å². The Hall–Kier alpha value is -2.18. The van der Waals surface area contributed by atoms with Crippen LogP contribution in [0.5, 0.6) is 5.75 Å². The summed E-state index contributed by atoms with van der Waals surface area (Å²) in [7, 11) is 0. The number of carboxylic acids is 1. The largest absolute Gasteiger partial charge is 0.479 e. The minimum atomic E-state index is -1.77. The highest BCUT2D eigenvalue weighted by atomic mass is 16.7. The number of ether oxygens (including phenoxy) is 2. The van der Waals surface area contributed by atoms with E-state index < -0.39 is 36.7 Å². The quantitative estimate of drug-likeness (QED) is 0.546. The van der Waals surface area contributed by atoms with E-state index in [0.29, 0.717) is 5.56 Å². The molecule has 5 atom stereocenters. The average molecular weight is 295 g/mol. The maximum atomic E-state index is 10.9. The molecule has 8 nitrogen and oxygen atoms in total. The molecule has 0 spiro atoms. The summed E-state index contributed by atoms with van der Waals surface area (Å²) >= 11 is 0. The van der Waals surface area contributed by atoms with E-state index in [0.717, 1.165) is 0 Å². The number of nitrogens with zero attached hydrogens (tertiary/aromatic N) is 1. The van der Waals surface area contributed by atoms with E-state index in [1.54, 1.807) is 0 Å². The molecule has 1 aromatic carbocycles. The van der Waals surface area contributed by atoms with Gasteiger partial charge in [0.25, 0.3) is 0 Å². The molecule has 1 aromatic rings. The normalized spacial score (nSPS) is 32.2. The van der Waals surface area contributed by atoms with Crippen molar-refractivity contribution in [1.82, 2.24) is 0 Å². The molecular weight excluding hydrogens is 282 g/mol. The van der Waals surface area contributed by atoms with Crippen LogP contribution in [0.4, 0.5) is 0 Å². The maximum Gasteiger partial charge on any atom is 0.335 e. The highest BCUT2D eigenvalue weighted by Gasteiger charge is 2.48. The molecule has 1 aliphatic heterocycles. The van der Waals surface area contributed by atoms with Crippen molar-refractivity contribution in [3.8, 4) is 11.8 Å². The van der Waals surface area contributed by atoms with Crippen molar-refractivity contribution in [3.63, 3.8) is 0 Å². The van der Waals surface area contributed by atoms with Gasteiger partial charge >= 0.3 is 5.97 Å². The average Bonchev–Trinajstić information content (AvgIpc) is 2.48. The lowest BCUT2D eigenvalue weighted by Crippen LogP contribution is -2.61. The molecule has 1 saturated heterocycles. The molecule has 4 N–H and O–H groups in total. The summed E-state index contributed by atoms with van der Waals surface area (Å²) in [5, 5.41) is 46.5. The van der Waals surface area contributed by atoms with Crippen molar-refractivity contribution in [3.05, 3.63) is 29.8 Å². The van der Waals surface area contributed by atoms with Gasteiger partial charge < -0.3 is 29.9 Å². The molecule has 0 bridgehead atoms. The maximum absolute atomic E-state index is 10.9. The minimum Gasteiger partial charge on any atom is -0.479 e. The number of carbonyl (C=O) groups is 1. The number of benzene rings is 1. The summed E-state index contributed by atoms with van der Waals surface area (Å²) < 4.78 is 10.2. The third kappa shape index (κ3) is 3.12. The van der Waals surface area contributed by atoms with Crippen LogP contribution in [-0.2, 0) is 9.53 Å². The predicted molar refractivity (Wildman–Crippen MR) is 66.1 cm³/mol. The first-order valence-corrected chi connectivity index (χ1v) is 6.03. The molecule has 0 amide bonds. The van der Waals surface area contributed by atoms with E-state index in [1.807, 2.05) is 6.07 Å². The standard InChI is InChI=1S/C13H13NO7/c14-5-6-1-3-7(4-2-6)20-13-10(17)8(15)9(16)11(21-13)12(18)19/h1-4,8-11,13,15-17H,(H,18,19). The molecule has 0 aromatic heterocycles. The Morgan fingerprint density at radius 3 is 2.29 bits per heavy atom. The predicted octanol–water partition coefficient (Wildman–Crippen LogP) is -1.17. The topological polar surface area (TPSA) is 140 Å². The van der Waals surface area contributed by atoms with Crippen LogP contribution in [0, 0.1) is 11.3 Å². The Morgan fingerprint density at radius 1 is 1.14 bits per heavy atom. The molecule has 0 aliphatic carbocycles. The van der Waals surface area contributed by atoms with Gasteiger partial charge in [-0.05, 0) is 24.3 Å². The minimum absolute atomic E-state index is 0.214. The summed E-state index contributed by atoms with van der Waals surface area (Å²) in [5.74, 6) is -1.27. The molecule has 5 unspecified atom stereocenters. The zero-order chi connectivity index (χ0) is 15.6. The Kier molecular flexibility index (Phi) is 4.40. The van der Waals surface area contributed by atoms with Gasteiger partial charge in [0.15, 0.2) is 6.10 Å². The van der Waals surface area contributed by atoms with Crippen molar-refractivity contribution >= 4 is 5.97 Å². The monoisotopic (exact) mass is 295 g/mol. The second kappa shape index (κ2) is 6.07. The van der Waals surface area contributed by atoms with Crippen LogP contribution >= 0.6 is 0 Å². The van der Waals surface area contributed by atoms with E-state index >= 15 is 0 Å². The lowest BCUT2D eigenvalue weighted by molar-refractivity contribution is -0.271. The van der Waals surface area contributed by atoms with Crippen LogP contribution in [0.1, 0.15) is 5.56 Å². The fourth-order valence-electron chi connectivity index (χ4n) is 1.89. The zero-order valence-electron chi connectivity index (χ0n) is 10.7. The lowest BCUT2D eigenvalue weighted by Gasteiger charge is -2.38. The molecule has 2 rings (SSSR count). The van der Waals surface area contributed by atoms with Crippen LogP contribution < -0.4 is 4.74 Å². The Bertz CT molecular complexity index is 553. The van der Waals surface area contributed by atoms with E-state index in [1.165, 1.54) is 24.3 Å². The van der Waals surface area contributed by atoms with E-state index in [-0.39, 0.29) is 5.75 Å². The third-order valence-corrected chi connectivity index (χ3v) is 3.05. The van der Waals surface area contributed by atoms with Gasteiger partial charge in [0.2, 0.25) is 6.29 Å². The number of hydrogen-bond donors (Lipinski definition) is 4. The van der Waals surface area contributed by atoms with Gasteiger partial charge in [-0.1, -0.05) is 0 Å². The van der Waals surface area contributed by atoms with E-state index in [4.69, 9.17) is 19.8 Å². The summed E-state index contributed by atoms with van der Waals surface area (Å²) in [6.45, 7) is 0. The van der Waals surface area contributed by atoms with Crippen LogP contribution in [-0.4, -0.2) is 57.1 Å². The number of rotatable bonds is 3. The fourth-order valence-corrected chi connectivity index (χ4v) is 1.89. The van der Waals surface area contributed by atoms with Gasteiger partial charge in [-0.15, -0.1) is 0 Å². The second-order valence-electron chi connectivity index (χ2n) is 4.49. The molecule has 1 aliphatic rings. The van der Waals surface area contributed by atoms with E-state index in [9.17, 15) is 20.1 Å². The van der Waals surface area contributed by atoms with Gasteiger partial charge in [0.1, 0.15) is 24.1 Å². The van der Waals surface area contributed by atoms with Crippen LogP contribution in [0.25, 0.3) is 0 Å². The molecule has 8 heteroatoms. The fraction of sp³-hybridized carbons (Fsp3) is 0.385. The van der Waals surface area contributed by atoms with Gasteiger partial charge in [0, 0.05) is 0 Å². The Morgan fingerprint density at radius 2 is 1.76 bits per heavy atom. The summed E-state index contributed by atoms with van der Waals surface area (Å²) in [4.78, 5) is 10.9. The number of aliphatic hydroxyl groups is 3. The third-order valence-electron chi connectivity index (χ3n) is 3.05. The number of carboxylic acid groups (broad SMARTS) is 1. The number of hydrogen-bond acceptors (Lipinski definition) is 7. The first-order valence-electron chi connectivity index (χ1n) is 6.03. The van der Waals surface area contributed by atoms with Crippen LogP contribution in [0.3, 0.4) is 0 Å². The van der Waals surface area contributed by atoms with Crippen molar-refractivity contribution in [2.24, 2.45) is 0 Å². The molecule has 1 heterocycles. The number of aliphatic carboxylic acids is 1. The summed E-state index contributed by atoms with van der Waals surface area (Å²) in [5.41, 5.74) is 0.395. The zero-order valence-corrected chi connectivity index (χ0v) is 10.7.